The molecule has 0 N–H and O–H groups in total. The van der Waals surface area contributed by atoms with Crippen LogP contribution in [0.15, 0.2) is 24.3 Å². The van der Waals surface area contributed by atoms with Crippen molar-refractivity contribution in [3.05, 3.63) is 35.9 Å². The van der Waals surface area contributed by atoms with Crippen LogP contribution in [0.25, 0.3) is 0 Å². The van der Waals surface area contributed by atoms with Gasteiger partial charge in [0.05, 0.1) is 0 Å². The van der Waals surface area contributed by atoms with E-state index in [1.165, 1.54) is 12.8 Å². The van der Waals surface area contributed by atoms with E-state index >= 15 is 0 Å². The molecule has 0 unspecified atom stereocenters. The van der Waals surface area contributed by atoms with E-state index in [-0.39, 0.29) is 11.2 Å². The molecule has 0 aromatic heterocycles. The molecule has 0 heterocycles. The molecule has 1 radical (unpaired) electrons. The van der Waals surface area contributed by atoms with Crippen LogP contribution in [0.2, 0.25) is 0 Å². The predicted molar refractivity (Wildman–Crippen MR) is 67.5 cm³/mol. The molecule has 16 heavy (non-hydrogen) atoms. The van der Waals surface area contributed by atoms with E-state index in [9.17, 15) is 4.79 Å². The molecule has 0 aliphatic heterocycles. The van der Waals surface area contributed by atoms with Crippen molar-refractivity contribution < 1.29 is 4.79 Å². The molecule has 0 aliphatic rings. The summed E-state index contributed by atoms with van der Waals surface area (Å²) in [4.78, 5) is 12.2. The quantitative estimate of drug-likeness (QED) is 0.513. The van der Waals surface area contributed by atoms with Gasteiger partial charge in [0.1, 0.15) is 0 Å². The van der Waals surface area contributed by atoms with Crippen molar-refractivity contribution in [1.29, 1.82) is 0 Å². The topological polar surface area (TPSA) is 17.1 Å². The maximum Gasteiger partial charge on any atom is 0.168 e. The second kappa shape index (κ2) is 5.83. The summed E-state index contributed by atoms with van der Waals surface area (Å²) in [6, 6.07) is 10.2. The van der Waals surface area contributed by atoms with Crippen molar-refractivity contribution in [2.45, 2.75) is 46.5 Å². The normalized spacial score (nSPS) is 11.4. The molecule has 1 heteroatoms. The van der Waals surface area contributed by atoms with Crippen molar-refractivity contribution in [3.63, 3.8) is 0 Å². The van der Waals surface area contributed by atoms with E-state index < -0.39 is 0 Å². The van der Waals surface area contributed by atoms with E-state index in [0.717, 1.165) is 18.4 Å². The third kappa shape index (κ3) is 3.48. The summed E-state index contributed by atoms with van der Waals surface area (Å²) in [6.45, 7) is 6.27. The molecular weight excluding hydrogens is 196 g/mol. The fraction of sp³-hybridized carbons (Fsp3) is 0.533. The van der Waals surface area contributed by atoms with E-state index in [2.05, 4.69) is 13.0 Å². The first-order valence-corrected chi connectivity index (χ1v) is 6.09. The first-order chi connectivity index (χ1) is 7.58. The lowest BCUT2D eigenvalue weighted by Gasteiger charge is -2.23. The minimum absolute atomic E-state index is 0.240. The summed E-state index contributed by atoms with van der Waals surface area (Å²) in [5, 5.41) is 0. The van der Waals surface area contributed by atoms with Gasteiger partial charge < -0.3 is 0 Å². The molecule has 1 nitrogen and oxygen atoms in total. The molecule has 0 saturated heterocycles. The highest BCUT2D eigenvalue weighted by atomic mass is 16.1. The van der Waals surface area contributed by atoms with Gasteiger partial charge in [-0.25, -0.2) is 0 Å². The Labute approximate surface area is 98.9 Å². The number of carbonyl (C=O) groups is 1. The Hall–Kier alpha value is -1.11. The Morgan fingerprint density at radius 3 is 2.44 bits per heavy atom. The zero-order chi connectivity index (χ0) is 12.0. The Morgan fingerprint density at radius 2 is 1.88 bits per heavy atom. The van der Waals surface area contributed by atoms with Crippen molar-refractivity contribution in [3.8, 4) is 0 Å². The molecule has 0 amide bonds. The van der Waals surface area contributed by atoms with Gasteiger partial charge in [-0.05, 0) is 12.5 Å². The SMILES string of the molecule is CCCCCC(C)(C)C(=O)c1cc[c]cc1. The van der Waals surface area contributed by atoms with E-state index in [1.54, 1.807) is 12.1 Å². The average molecular weight is 217 g/mol. The van der Waals surface area contributed by atoms with Gasteiger partial charge in [-0.1, -0.05) is 64.3 Å². The van der Waals surface area contributed by atoms with Gasteiger partial charge in [0, 0.05) is 11.0 Å². The van der Waals surface area contributed by atoms with Crippen LogP contribution in [0.1, 0.15) is 56.8 Å². The van der Waals surface area contributed by atoms with Crippen molar-refractivity contribution in [2.24, 2.45) is 5.41 Å². The first kappa shape index (κ1) is 13.0. The number of hydrogen-bond donors (Lipinski definition) is 0. The molecule has 1 rings (SSSR count). The zero-order valence-electron chi connectivity index (χ0n) is 10.5. The van der Waals surface area contributed by atoms with E-state index in [0.29, 0.717) is 0 Å². The average Bonchev–Trinajstić information content (AvgIpc) is 2.29. The van der Waals surface area contributed by atoms with Crippen LogP contribution in [0.3, 0.4) is 0 Å². The molecule has 0 spiro atoms. The molecule has 0 atom stereocenters. The minimum atomic E-state index is -0.240. The highest BCUT2D eigenvalue weighted by Gasteiger charge is 2.27. The summed E-state index contributed by atoms with van der Waals surface area (Å²) < 4.78 is 0. The molecule has 0 aliphatic carbocycles. The maximum atomic E-state index is 12.2. The summed E-state index contributed by atoms with van der Waals surface area (Å²) in [5.74, 6) is 0.248. The first-order valence-electron chi connectivity index (χ1n) is 6.09. The van der Waals surface area contributed by atoms with Crippen LogP contribution < -0.4 is 0 Å². The number of Topliss-reactive ketones (excluding diaryl/α,β-unsaturated/α-hetero) is 1. The Kier molecular flexibility index (Phi) is 4.72. The van der Waals surface area contributed by atoms with Crippen LogP contribution in [-0.4, -0.2) is 5.78 Å². The van der Waals surface area contributed by atoms with Crippen molar-refractivity contribution >= 4 is 5.78 Å². The Morgan fingerprint density at radius 1 is 1.25 bits per heavy atom. The van der Waals surface area contributed by atoms with Crippen LogP contribution in [0.5, 0.6) is 0 Å². The van der Waals surface area contributed by atoms with Gasteiger partial charge in [0.2, 0.25) is 0 Å². The predicted octanol–water partition coefficient (Wildman–Crippen LogP) is 4.28. The lowest BCUT2D eigenvalue weighted by molar-refractivity contribution is 0.0823. The van der Waals surface area contributed by atoms with Crippen LogP contribution >= 0.6 is 0 Å². The lowest BCUT2D eigenvalue weighted by Crippen LogP contribution is -2.24. The van der Waals surface area contributed by atoms with Crippen LogP contribution in [-0.2, 0) is 0 Å². The molecule has 0 saturated carbocycles. The van der Waals surface area contributed by atoms with Gasteiger partial charge in [0.25, 0.3) is 0 Å². The number of rotatable bonds is 6. The van der Waals surface area contributed by atoms with E-state index in [4.69, 9.17) is 0 Å². The number of unbranched alkanes of at least 4 members (excludes halogenated alkanes) is 2. The van der Waals surface area contributed by atoms with Gasteiger partial charge in [-0.15, -0.1) is 0 Å². The fourth-order valence-electron chi connectivity index (χ4n) is 1.86. The monoisotopic (exact) mass is 217 g/mol. The third-order valence-corrected chi connectivity index (χ3v) is 3.00. The number of hydrogen-bond acceptors (Lipinski definition) is 1. The second-order valence-electron chi connectivity index (χ2n) is 4.96. The molecule has 1 aromatic rings. The summed E-state index contributed by atoms with van der Waals surface area (Å²) in [5.41, 5.74) is 0.566. The lowest BCUT2D eigenvalue weighted by atomic mass is 9.80. The third-order valence-electron chi connectivity index (χ3n) is 3.00. The molecule has 1 aromatic carbocycles. The summed E-state index contributed by atoms with van der Waals surface area (Å²) in [7, 11) is 0. The van der Waals surface area contributed by atoms with Gasteiger partial charge in [0.15, 0.2) is 5.78 Å². The highest BCUT2D eigenvalue weighted by molar-refractivity contribution is 5.99. The molecule has 0 fully saturated rings. The Bertz CT molecular complexity index is 325. The minimum Gasteiger partial charge on any atom is -0.294 e. The smallest absolute Gasteiger partial charge is 0.168 e. The molecular formula is C15H21O. The second-order valence-corrected chi connectivity index (χ2v) is 4.96. The molecule has 87 valence electrons. The number of carbonyl (C=O) groups excluding carboxylic acids is 1. The Balaban J connectivity index is 2.65. The highest BCUT2D eigenvalue weighted by Crippen LogP contribution is 2.28. The largest absolute Gasteiger partial charge is 0.294 e. The summed E-state index contributed by atoms with van der Waals surface area (Å²) >= 11 is 0. The van der Waals surface area contributed by atoms with Crippen LogP contribution in [0.4, 0.5) is 0 Å². The molecule has 0 bridgehead atoms. The van der Waals surface area contributed by atoms with Gasteiger partial charge in [-0.3, -0.25) is 4.79 Å². The van der Waals surface area contributed by atoms with Crippen molar-refractivity contribution in [1.82, 2.24) is 0 Å². The maximum absolute atomic E-state index is 12.2. The van der Waals surface area contributed by atoms with Gasteiger partial charge in [-0.2, -0.15) is 0 Å². The summed E-state index contributed by atoms with van der Waals surface area (Å²) in [6.07, 6.45) is 4.51. The van der Waals surface area contributed by atoms with Crippen LogP contribution in [0, 0.1) is 11.5 Å². The van der Waals surface area contributed by atoms with Crippen molar-refractivity contribution in [2.75, 3.05) is 0 Å². The number of benzene rings is 1. The zero-order valence-corrected chi connectivity index (χ0v) is 10.5. The van der Waals surface area contributed by atoms with E-state index in [1.807, 2.05) is 26.0 Å². The number of ketones is 1. The van der Waals surface area contributed by atoms with Gasteiger partial charge >= 0.3 is 0 Å². The fourth-order valence-corrected chi connectivity index (χ4v) is 1.86. The standard InChI is InChI=1S/C15H21O/c1-4-5-9-12-15(2,3)14(16)13-10-7-6-8-11-13/h7-8,10-11H,4-5,9,12H2,1-3H3.